The molecule has 0 aliphatic heterocycles. The van der Waals surface area contributed by atoms with E-state index in [4.69, 9.17) is 16.2 Å². The van der Waals surface area contributed by atoms with E-state index >= 15 is 0 Å². The monoisotopic (exact) mass is 251 g/mol. The van der Waals surface area contributed by atoms with Gasteiger partial charge < -0.3 is 16.2 Å². The summed E-state index contributed by atoms with van der Waals surface area (Å²) >= 11 is 0. The Morgan fingerprint density at radius 3 is 2.72 bits per heavy atom. The first-order chi connectivity index (χ1) is 8.63. The summed E-state index contributed by atoms with van der Waals surface area (Å²) in [5.74, 6) is 0. The normalized spacial score (nSPS) is 10.1. The Kier molecular flexibility index (Phi) is 5.84. The maximum absolute atomic E-state index is 11.5. The van der Waals surface area contributed by atoms with Crippen LogP contribution in [0.3, 0.4) is 0 Å². The largest absolute Gasteiger partial charge is 0.449 e. The Bertz CT molecular complexity index is 394. The number of carbonyl (C=O) groups excluding carboxylic acids is 1. The van der Waals surface area contributed by atoms with E-state index < -0.39 is 6.09 Å². The second-order valence-corrected chi connectivity index (χ2v) is 4.17. The fourth-order valence-corrected chi connectivity index (χ4v) is 1.53. The highest BCUT2D eigenvalue weighted by Crippen LogP contribution is 2.20. The van der Waals surface area contributed by atoms with E-state index in [-0.39, 0.29) is 0 Å². The Labute approximate surface area is 107 Å². The SMILES string of the molecule is CCCCCCOC(=O)Nc1ccc(N)cc1N. The van der Waals surface area contributed by atoms with Gasteiger partial charge in [0, 0.05) is 5.69 Å². The molecule has 18 heavy (non-hydrogen) atoms. The number of carbonyl (C=O) groups is 1. The first-order valence-corrected chi connectivity index (χ1v) is 6.22. The predicted molar refractivity (Wildman–Crippen MR) is 74.4 cm³/mol. The van der Waals surface area contributed by atoms with Crippen molar-refractivity contribution in [3.8, 4) is 0 Å². The summed E-state index contributed by atoms with van der Waals surface area (Å²) in [6.07, 6.45) is 3.80. The second kappa shape index (κ2) is 7.42. The first-order valence-electron chi connectivity index (χ1n) is 6.22. The van der Waals surface area contributed by atoms with Crippen LogP contribution in [0.25, 0.3) is 0 Å². The van der Waals surface area contributed by atoms with Crippen LogP contribution in [0.4, 0.5) is 21.9 Å². The summed E-state index contributed by atoms with van der Waals surface area (Å²) in [5, 5.41) is 2.59. The Hall–Kier alpha value is -1.91. The Morgan fingerprint density at radius 2 is 2.06 bits per heavy atom. The molecule has 5 N–H and O–H groups in total. The molecule has 0 fully saturated rings. The lowest BCUT2D eigenvalue weighted by Crippen LogP contribution is -2.15. The van der Waals surface area contributed by atoms with Gasteiger partial charge in [-0.05, 0) is 24.6 Å². The van der Waals surface area contributed by atoms with Crippen molar-refractivity contribution in [1.29, 1.82) is 0 Å². The van der Waals surface area contributed by atoms with E-state index in [0.29, 0.717) is 23.7 Å². The fourth-order valence-electron chi connectivity index (χ4n) is 1.53. The maximum atomic E-state index is 11.5. The highest BCUT2D eigenvalue weighted by molar-refractivity contribution is 5.89. The fraction of sp³-hybridized carbons (Fsp3) is 0.462. The zero-order chi connectivity index (χ0) is 13.4. The molecule has 5 heteroatoms. The van der Waals surface area contributed by atoms with Crippen LogP contribution in [0, 0.1) is 0 Å². The molecule has 1 aromatic rings. The number of unbranched alkanes of at least 4 members (excludes halogenated alkanes) is 3. The summed E-state index contributed by atoms with van der Waals surface area (Å²) in [6.45, 7) is 2.57. The molecule has 0 spiro atoms. The van der Waals surface area contributed by atoms with E-state index in [1.54, 1.807) is 18.2 Å². The number of nitrogens with two attached hydrogens (primary N) is 2. The molecule has 1 aromatic carbocycles. The van der Waals surface area contributed by atoms with E-state index in [9.17, 15) is 4.79 Å². The van der Waals surface area contributed by atoms with Crippen molar-refractivity contribution in [3.05, 3.63) is 18.2 Å². The van der Waals surface area contributed by atoms with Crippen LogP contribution >= 0.6 is 0 Å². The number of nitrogens with one attached hydrogen (secondary N) is 1. The van der Waals surface area contributed by atoms with Gasteiger partial charge in [-0.15, -0.1) is 0 Å². The lowest BCUT2D eigenvalue weighted by Gasteiger charge is -2.09. The van der Waals surface area contributed by atoms with Crippen LogP contribution in [0.5, 0.6) is 0 Å². The van der Waals surface area contributed by atoms with Crippen LogP contribution in [0.1, 0.15) is 32.6 Å². The van der Waals surface area contributed by atoms with Gasteiger partial charge in [0.05, 0.1) is 18.0 Å². The molecule has 100 valence electrons. The molecule has 0 saturated carbocycles. The van der Waals surface area contributed by atoms with Gasteiger partial charge in [-0.2, -0.15) is 0 Å². The molecular formula is C13H21N3O2. The third-order valence-electron chi connectivity index (χ3n) is 2.54. The number of hydrogen-bond donors (Lipinski definition) is 3. The number of hydrogen-bond acceptors (Lipinski definition) is 4. The summed E-state index contributed by atoms with van der Waals surface area (Å²) in [4.78, 5) is 11.5. The smallest absolute Gasteiger partial charge is 0.411 e. The predicted octanol–water partition coefficient (Wildman–Crippen LogP) is 2.98. The molecule has 0 aliphatic carbocycles. The van der Waals surface area contributed by atoms with Crippen LogP contribution in [-0.2, 0) is 4.74 Å². The standard InChI is InChI=1S/C13H21N3O2/c1-2-3-4-5-8-18-13(17)16-12-7-6-10(14)9-11(12)15/h6-7,9H,2-5,8,14-15H2,1H3,(H,16,17). The van der Waals surface area contributed by atoms with Gasteiger partial charge in [0.15, 0.2) is 0 Å². The zero-order valence-corrected chi connectivity index (χ0v) is 10.7. The lowest BCUT2D eigenvalue weighted by molar-refractivity contribution is 0.159. The van der Waals surface area contributed by atoms with Crippen molar-refractivity contribution in [2.75, 3.05) is 23.4 Å². The van der Waals surface area contributed by atoms with Crippen molar-refractivity contribution < 1.29 is 9.53 Å². The van der Waals surface area contributed by atoms with Crippen LogP contribution in [0.15, 0.2) is 18.2 Å². The van der Waals surface area contributed by atoms with Crippen LogP contribution < -0.4 is 16.8 Å². The number of benzene rings is 1. The minimum atomic E-state index is -0.483. The molecule has 5 nitrogen and oxygen atoms in total. The third-order valence-corrected chi connectivity index (χ3v) is 2.54. The summed E-state index contributed by atoms with van der Waals surface area (Å²) in [7, 11) is 0. The van der Waals surface area contributed by atoms with Gasteiger partial charge in [0.2, 0.25) is 0 Å². The lowest BCUT2D eigenvalue weighted by atomic mass is 10.2. The van der Waals surface area contributed by atoms with Crippen molar-refractivity contribution in [1.82, 2.24) is 0 Å². The van der Waals surface area contributed by atoms with Crippen molar-refractivity contribution in [3.63, 3.8) is 0 Å². The third kappa shape index (κ3) is 4.95. The highest BCUT2D eigenvalue weighted by Gasteiger charge is 2.05. The molecule has 1 amide bonds. The Morgan fingerprint density at radius 1 is 1.28 bits per heavy atom. The maximum Gasteiger partial charge on any atom is 0.411 e. The quantitative estimate of drug-likeness (QED) is 0.535. The van der Waals surface area contributed by atoms with Gasteiger partial charge in [0.1, 0.15) is 0 Å². The minimum absolute atomic E-state index is 0.429. The van der Waals surface area contributed by atoms with Gasteiger partial charge in [0.25, 0.3) is 0 Å². The molecule has 0 unspecified atom stereocenters. The molecule has 0 heterocycles. The number of nitrogen functional groups attached to an aromatic ring is 2. The zero-order valence-electron chi connectivity index (χ0n) is 10.7. The summed E-state index contributed by atoms with van der Waals surface area (Å²) in [5.41, 5.74) is 12.8. The van der Waals surface area contributed by atoms with Gasteiger partial charge >= 0.3 is 6.09 Å². The second-order valence-electron chi connectivity index (χ2n) is 4.17. The average Bonchev–Trinajstić information content (AvgIpc) is 2.32. The molecule has 0 saturated heterocycles. The van der Waals surface area contributed by atoms with E-state index in [1.807, 2.05) is 0 Å². The van der Waals surface area contributed by atoms with Crippen molar-refractivity contribution in [2.45, 2.75) is 32.6 Å². The molecule has 0 aliphatic rings. The molecular weight excluding hydrogens is 230 g/mol. The topological polar surface area (TPSA) is 90.4 Å². The van der Waals surface area contributed by atoms with Crippen molar-refractivity contribution >= 4 is 23.2 Å². The van der Waals surface area contributed by atoms with E-state index in [2.05, 4.69) is 12.2 Å². The molecule has 0 radical (unpaired) electrons. The van der Waals surface area contributed by atoms with Crippen LogP contribution in [-0.4, -0.2) is 12.7 Å². The molecule has 0 aromatic heterocycles. The van der Waals surface area contributed by atoms with Crippen molar-refractivity contribution in [2.24, 2.45) is 0 Å². The van der Waals surface area contributed by atoms with Crippen LogP contribution in [0.2, 0.25) is 0 Å². The minimum Gasteiger partial charge on any atom is -0.449 e. The number of amides is 1. The van der Waals surface area contributed by atoms with Gasteiger partial charge in [-0.25, -0.2) is 4.79 Å². The van der Waals surface area contributed by atoms with E-state index in [0.717, 1.165) is 25.7 Å². The van der Waals surface area contributed by atoms with Gasteiger partial charge in [-0.1, -0.05) is 26.2 Å². The molecule has 1 rings (SSSR count). The summed E-state index contributed by atoms with van der Waals surface area (Å²) < 4.78 is 5.04. The Balaban J connectivity index is 2.31. The number of anilines is 3. The van der Waals surface area contributed by atoms with Gasteiger partial charge in [-0.3, -0.25) is 5.32 Å². The summed E-state index contributed by atoms with van der Waals surface area (Å²) in [6, 6.07) is 4.92. The number of rotatable bonds is 6. The van der Waals surface area contributed by atoms with E-state index in [1.165, 1.54) is 0 Å². The first kappa shape index (κ1) is 14.2. The molecule has 0 bridgehead atoms. The average molecular weight is 251 g/mol. The molecule has 0 atom stereocenters. The highest BCUT2D eigenvalue weighted by atomic mass is 16.5. The number of ether oxygens (including phenoxy) is 1.